The normalized spacial score (nSPS) is 13.1. The maximum atomic E-state index is 6.22. The molecule has 2 rings (SSSR count). The molecule has 13 heavy (non-hydrogen) atoms. The van der Waals surface area contributed by atoms with E-state index >= 15 is 0 Å². The number of hydrogen-bond acceptors (Lipinski definition) is 2. The van der Waals surface area contributed by atoms with E-state index in [1.807, 2.05) is 23.6 Å². The molecule has 68 valence electrons. The highest BCUT2D eigenvalue weighted by Gasteiger charge is 2.13. The Balaban J connectivity index is 2.28. The molecular weight excluding hydrogens is 272 g/mol. The standard InChI is InChI=1S/C9H6BrClOS/c10-8-4-6(5-12-8)9(11)7-2-1-3-13-7/h1-5,9H. The number of hydrogen-bond donors (Lipinski definition) is 0. The van der Waals surface area contributed by atoms with Crippen LogP contribution in [0.2, 0.25) is 0 Å². The molecule has 2 heterocycles. The second kappa shape index (κ2) is 3.86. The molecule has 0 fully saturated rings. The Kier molecular flexibility index (Phi) is 2.77. The zero-order valence-corrected chi connectivity index (χ0v) is 9.69. The molecule has 0 amide bonds. The van der Waals surface area contributed by atoms with Crippen molar-refractivity contribution in [1.82, 2.24) is 0 Å². The number of rotatable bonds is 2. The largest absolute Gasteiger partial charge is 0.457 e. The summed E-state index contributed by atoms with van der Waals surface area (Å²) in [5.74, 6) is 0. The molecule has 0 aliphatic rings. The quantitative estimate of drug-likeness (QED) is 0.740. The Morgan fingerprint density at radius 2 is 2.38 bits per heavy atom. The lowest BCUT2D eigenvalue weighted by Crippen LogP contribution is -1.85. The van der Waals surface area contributed by atoms with Crippen molar-refractivity contribution in [3.63, 3.8) is 0 Å². The number of halogens is 2. The van der Waals surface area contributed by atoms with E-state index in [9.17, 15) is 0 Å². The summed E-state index contributed by atoms with van der Waals surface area (Å²) < 4.78 is 5.83. The van der Waals surface area contributed by atoms with Gasteiger partial charge in [0, 0.05) is 10.4 Å². The third kappa shape index (κ3) is 1.98. The molecule has 1 nitrogen and oxygen atoms in total. The van der Waals surface area contributed by atoms with E-state index in [4.69, 9.17) is 16.0 Å². The predicted octanol–water partition coefficient (Wildman–Crippen LogP) is 4.43. The van der Waals surface area contributed by atoms with E-state index in [2.05, 4.69) is 15.9 Å². The highest BCUT2D eigenvalue weighted by molar-refractivity contribution is 9.10. The van der Waals surface area contributed by atoms with Crippen molar-refractivity contribution < 1.29 is 4.42 Å². The highest BCUT2D eigenvalue weighted by Crippen LogP contribution is 2.33. The SMILES string of the molecule is ClC(c1coc(Br)c1)c1cccs1. The van der Waals surface area contributed by atoms with Crippen LogP contribution in [0.1, 0.15) is 15.8 Å². The maximum absolute atomic E-state index is 6.22. The second-order valence-corrected chi connectivity index (χ2v) is 4.76. The first-order valence-electron chi connectivity index (χ1n) is 3.69. The molecule has 0 bridgehead atoms. The topological polar surface area (TPSA) is 13.1 Å². The molecule has 0 radical (unpaired) electrons. The lowest BCUT2D eigenvalue weighted by Gasteiger charge is -2.01. The fourth-order valence-electron chi connectivity index (χ4n) is 1.06. The average Bonchev–Trinajstić information content (AvgIpc) is 2.72. The summed E-state index contributed by atoms with van der Waals surface area (Å²) in [6.07, 6.45) is 1.67. The minimum absolute atomic E-state index is 0.102. The summed E-state index contributed by atoms with van der Waals surface area (Å²) >= 11 is 11.1. The van der Waals surface area contributed by atoms with Crippen molar-refractivity contribution in [1.29, 1.82) is 0 Å². The minimum Gasteiger partial charge on any atom is -0.457 e. The van der Waals surface area contributed by atoms with E-state index in [1.54, 1.807) is 17.6 Å². The second-order valence-electron chi connectivity index (χ2n) is 2.56. The predicted molar refractivity (Wildman–Crippen MR) is 58.4 cm³/mol. The third-order valence-electron chi connectivity index (χ3n) is 1.67. The van der Waals surface area contributed by atoms with Crippen LogP contribution in [0.3, 0.4) is 0 Å². The molecule has 4 heteroatoms. The van der Waals surface area contributed by atoms with Crippen LogP contribution in [-0.2, 0) is 0 Å². The van der Waals surface area contributed by atoms with Gasteiger partial charge in [-0.2, -0.15) is 0 Å². The van der Waals surface area contributed by atoms with E-state index in [0.29, 0.717) is 4.67 Å². The van der Waals surface area contributed by atoms with Crippen LogP contribution in [0.4, 0.5) is 0 Å². The van der Waals surface area contributed by atoms with Crippen molar-refractivity contribution in [2.75, 3.05) is 0 Å². The van der Waals surface area contributed by atoms with Gasteiger partial charge in [0.1, 0.15) is 0 Å². The molecule has 0 spiro atoms. The fourth-order valence-corrected chi connectivity index (χ4v) is 2.48. The van der Waals surface area contributed by atoms with Crippen molar-refractivity contribution in [3.05, 3.63) is 45.0 Å². The highest BCUT2D eigenvalue weighted by atomic mass is 79.9. The Bertz CT molecular complexity index is 382. The van der Waals surface area contributed by atoms with E-state index in [0.717, 1.165) is 10.4 Å². The van der Waals surface area contributed by atoms with Crippen LogP contribution in [0.5, 0.6) is 0 Å². The summed E-state index contributed by atoms with van der Waals surface area (Å²) in [6, 6.07) is 5.89. The van der Waals surface area contributed by atoms with Crippen molar-refractivity contribution >= 4 is 38.9 Å². The van der Waals surface area contributed by atoms with Gasteiger partial charge in [-0.05, 0) is 33.4 Å². The van der Waals surface area contributed by atoms with Gasteiger partial charge < -0.3 is 4.42 Å². The molecule has 0 N–H and O–H groups in total. The van der Waals surface area contributed by atoms with Crippen LogP contribution in [-0.4, -0.2) is 0 Å². The van der Waals surface area contributed by atoms with Crippen molar-refractivity contribution in [2.24, 2.45) is 0 Å². The molecule has 1 atom stereocenters. The van der Waals surface area contributed by atoms with Gasteiger partial charge in [-0.25, -0.2) is 0 Å². The smallest absolute Gasteiger partial charge is 0.169 e. The first kappa shape index (κ1) is 9.31. The molecule has 0 aromatic carbocycles. The Morgan fingerprint density at radius 1 is 1.54 bits per heavy atom. The molecule has 0 saturated carbocycles. The van der Waals surface area contributed by atoms with Crippen LogP contribution in [0.15, 0.2) is 38.9 Å². The van der Waals surface area contributed by atoms with Crippen LogP contribution < -0.4 is 0 Å². The molecule has 2 aromatic heterocycles. The van der Waals surface area contributed by atoms with Gasteiger partial charge >= 0.3 is 0 Å². The Labute approximate surface area is 93.5 Å². The molecular formula is C9H6BrClOS. The van der Waals surface area contributed by atoms with Crippen LogP contribution in [0, 0.1) is 0 Å². The van der Waals surface area contributed by atoms with E-state index in [1.165, 1.54) is 0 Å². The zero-order valence-electron chi connectivity index (χ0n) is 6.54. The summed E-state index contributed by atoms with van der Waals surface area (Å²) in [5.41, 5.74) is 0.982. The molecule has 0 saturated heterocycles. The average molecular weight is 278 g/mol. The molecule has 1 unspecified atom stereocenters. The summed E-state index contributed by atoms with van der Waals surface area (Å²) in [4.78, 5) is 1.13. The lowest BCUT2D eigenvalue weighted by molar-refractivity contribution is 0.539. The van der Waals surface area contributed by atoms with Crippen LogP contribution >= 0.6 is 38.9 Å². The lowest BCUT2D eigenvalue weighted by atomic mass is 10.2. The van der Waals surface area contributed by atoms with Gasteiger partial charge in [0.05, 0.1) is 11.6 Å². The third-order valence-corrected chi connectivity index (χ3v) is 3.64. The van der Waals surface area contributed by atoms with Gasteiger partial charge in [-0.3, -0.25) is 0 Å². The number of furan rings is 1. The van der Waals surface area contributed by atoms with E-state index in [-0.39, 0.29) is 5.38 Å². The molecule has 2 aromatic rings. The van der Waals surface area contributed by atoms with Crippen molar-refractivity contribution in [2.45, 2.75) is 5.38 Å². The number of alkyl halides is 1. The zero-order chi connectivity index (χ0) is 9.26. The van der Waals surface area contributed by atoms with Gasteiger partial charge in [0.2, 0.25) is 0 Å². The Hall–Kier alpha value is -0.250. The first-order valence-corrected chi connectivity index (χ1v) is 5.79. The minimum atomic E-state index is -0.102. The fraction of sp³-hybridized carbons (Fsp3) is 0.111. The van der Waals surface area contributed by atoms with Gasteiger partial charge in [0.25, 0.3) is 0 Å². The summed E-state index contributed by atoms with van der Waals surface area (Å²) in [6.45, 7) is 0. The summed E-state index contributed by atoms with van der Waals surface area (Å²) in [5, 5.41) is 1.91. The molecule has 0 aliphatic carbocycles. The maximum Gasteiger partial charge on any atom is 0.169 e. The van der Waals surface area contributed by atoms with Gasteiger partial charge in [-0.15, -0.1) is 22.9 Å². The van der Waals surface area contributed by atoms with Crippen molar-refractivity contribution in [3.8, 4) is 0 Å². The van der Waals surface area contributed by atoms with Gasteiger partial charge in [-0.1, -0.05) is 6.07 Å². The van der Waals surface area contributed by atoms with Crippen LogP contribution in [0.25, 0.3) is 0 Å². The summed E-state index contributed by atoms with van der Waals surface area (Å²) in [7, 11) is 0. The van der Waals surface area contributed by atoms with E-state index < -0.39 is 0 Å². The van der Waals surface area contributed by atoms with Gasteiger partial charge in [0.15, 0.2) is 4.67 Å². The first-order chi connectivity index (χ1) is 6.27. The monoisotopic (exact) mass is 276 g/mol. The molecule has 0 aliphatic heterocycles. The Morgan fingerprint density at radius 3 is 2.92 bits per heavy atom. The number of thiophene rings is 1.